The Bertz CT molecular complexity index is 708. The Balaban J connectivity index is 2.32. The monoisotopic (exact) mass is 298 g/mol. The number of carboxylic acid groups (broad SMARTS) is 1. The molecule has 2 aromatic rings. The average molecular weight is 298 g/mol. The number of aromatic carboxylic acids is 1. The number of carbonyl (C=O) groups is 1. The smallest absolute Gasteiger partial charge is 0.335 e. The molecule has 0 amide bonds. The van der Waals surface area contributed by atoms with Crippen LogP contribution in [-0.2, 0) is 10.0 Å². The molecule has 0 fully saturated rings. The van der Waals surface area contributed by atoms with Gasteiger partial charge < -0.3 is 10.8 Å². The molecule has 0 spiro atoms. The summed E-state index contributed by atoms with van der Waals surface area (Å²) in [4.78, 5) is 10.7. The minimum Gasteiger partial charge on any atom is -0.478 e. The predicted octanol–water partition coefficient (Wildman–Crippen LogP) is 1.83. The van der Waals surface area contributed by atoms with Crippen LogP contribution in [-0.4, -0.2) is 19.5 Å². The molecule has 0 unspecified atom stereocenters. The number of hydrogen-bond acceptors (Lipinski definition) is 5. The number of nitrogens with one attached hydrogen (secondary N) is 1. The van der Waals surface area contributed by atoms with Crippen molar-refractivity contribution in [3.8, 4) is 0 Å². The highest BCUT2D eigenvalue weighted by atomic mass is 32.2. The average Bonchev–Trinajstić information content (AvgIpc) is 2.85. The summed E-state index contributed by atoms with van der Waals surface area (Å²) in [5.74, 6) is -1.13. The Morgan fingerprint density at radius 1 is 1.32 bits per heavy atom. The van der Waals surface area contributed by atoms with Gasteiger partial charge in [0.1, 0.15) is 4.21 Å². The van der Waals surface area contributed by atoms with Gasteiger partial charge >= 0.3 is 5.97 Å². The predicted molar refractivity (Wildman–Crippen MR) is 72.9 cm³/mol. The first kappa shape index (κ1) is 13.4. The largest absolute Gasteiger partial charge is 0.478 e. The molecule has 1 heterocycles. The van der Waals surface area contributed by atoms with Crippen LogP contribution < -0.4 is 10.5 Å². The van der Waals surface area contributed by atoms with Crippen molar-refractivity contribution in [2.75, 3.05) is 10.5 Å². The van der Waals surface area contributed by atoms with Crippen molar-refractivity contribution in [2.24, 2.45) is 0 Å². The van der Waals surface area contributed by atoms with Crippen molar-refractivity contribution in [1.82, 2.24) is 0 Å². The van der Waals surface area contributed by atoms with Crippen LogP contribution in [0, 0.1) is 0 Å². The molecule has 0 saturated heterocycles. The van der Waals surface area contributed by atoms with Crippen LogP contribution in [0.5, 0.6) is 0 Å². The number of nitrogens with two attached hydrogens (primary N) is 1. The van der Waals surface area contributed by atoms with Crippen molar-refractivity contribution >= 4 is 38.7 Å². The number of sulfonamides is 1. The molecule has 6 nitrogen and oxygen atoms in total. The maximum absolute atomic E-state index is 12.0. The van der Waals surface area contributed by atoms with Crippen molar-refractivity contribution < 1.29 is 18.3 Å². The molecule has 1 aromatic heterocycles. The van der Waals surface area contributed by atoms with Gasteiger partial charge in [0.05, 0.1) is 16.9 Å². The van der Waals surface area contributed by atoms with Gasteiger partial charge in [-0.3, -0.25) is 4.72 Å². The first-order valence-corrected chi connectivity index (χ1v) is 7.45. The quantitative estimate of drug-likeness (QED) is 0.746. The highest BCUT2D eigenvalue weighted by molar-refractivity contribution is 7.94. The topological polar surface area (TPSA) is 109 Å². The molecule has 0 atom stereocenters. The highest BCUT2D eigenvalue weighted by Crippen LogP contribution is 2.25. The number of nitrogen functional groups attached to an aromatic ring is 1. The second-order valence-electron chi connectivity index (χ2n) is 3.64. The zero-order chi connectivity index (χ0) is 14.0. The molecule has 2 rings (SSSR count). The summed E-state index contributed by atoms with van der Waals surface area (Å²) >= 11 is 1.08. The third-order valence-corrected chi connectivity index (χ3v) is 5.07. The van der Waals surface area contributed by atoms with E-state index in [0.29, 0.717) is 0 Å². The van der Waals surface area contributed by atoms with Crippen LogP contribution in [0.4, 0.5) is 11.4 Å². The van der Waals surface area contributed by atoms with E-state index in [9.17, 15) is 13.2 Å². The van der Waals surface area contributed by atoms with Crippen molar-refractivity contribution in [3.05, 3.63) is 41.3 Å². The highest BCUT2D eigenvalue weighted by Gasteiger charge is 2.17. The third kappa shape index (κ3) is 2.85. The third-order valence-electron chi connectivity index (χ3n) is 2.30. The fraction of sp³-hybridized carbons (Fsp3) is 0. The fourth-order valence-electron chi connectivity index (χ4n) is 1.40. The minimum atomic E-state index is -3.68. The van der Waals surface area contributed by atoms with Gasteiger partial charge in [-0.25, -0.2) is 13.2 Å². The SMILES string of the molecule is Nc1cc(C(=O)O)ccc1NS(=O)(=O)c1cccs1. The van der Waals surface area contributed by atoms with E-state index in [1.165, 1.54) is 24.3 Å². The number of rotatable bonds is 4. The summed E-state index contributed by atoms with van der Waals surface area (Å²) in [7, 11) is -3.68. The number of anilines is 2. The molecule has 0 aliphatic carbocycles. The molecular formula is C11H10N2O4S2. The number of thiophene rings is 1. The first-order valence-electron chi connectivity index (χ1n) is 5.09. The lowest BCUT2D eigenvalue weighted by Crippen LogP contribution is -2.13. The standard InChI is InChI=1S/C11H10N2O4S2/c12-8-6-7(11(14)15)3-4-9(8)13-19(16,17)10-2-1-5-18-10/h1-6,13H,12H2,(H,14,15). The van der Waals surface area contributed by atoms with Gasteiger partial charge in [0.25, 0.3) is 10.0 Å². The number of benzene rings is 1. The van der Waals surface area contributed by atoms with Crippen LogP contribution in [0.1, 0.15) is 10.4 Å². The molecule has 0 aliphatic heterocycles. The first-order chi connectivity index (χ1) is 8.90. The summed E-state index contributed by atoms with van der Waals surface area (Å²) in [5, 5.41) is 10.4. The van der Waals surface area contributed by atoms with Crippen LogP contribution >= 0.6 is 11.3 Å². The van der Waals surface area contributed by atoms with E-state index in [2.05, 4.69) is 4.72 Å². The van der Waals surface area contributed by atoms with Gasteiger partial charge in [-0.05, 0) is 29.6 Å². The molecule has 19 heavy (non-hydrogen) atoms. The van der Waals surface area contributed by atoms with Crippen molar-refractivity contribution in [1.29, 1.82) is 0 Å². The fourth-order valence-corrected chi connectivity index (χ4v) is 3.48. The van der Waals surface area contributed by atoms with E-state index < -0.39 is 16.0 Å². The Kier molecular flexibility index (Phi) is 3.45. The summed E-state index contributed by atoms with van der Waals surface area (Å²) in [6.45, 7) is 0. The summed E-state index contributed by atoms with van der Waals surface area (Å²) in [5.41, 5.74) is 5.84. The van der Waals surface area contributed by atoms with Gasteiger partial charge in [0.15, 0.2) is 0 Å². The minimum absolute atomic E-state index is 0.00317. The van der Waals surface area contributed by atoms with Crippen LogP contribution in [0.25, 0.3) is 0 Å². The molecule has 100 valence electrons. The molecule has 8 heteroatoms. The molecule has 0 aliphatic rings. The van der Waals surface area contributed by atoms with Crippen molar-refractivity contribution in [2.45, 2.75) is 4.21 Å². The Morgan fingerprint density at radius 3 is 2.58 bits per heavy atom. The zero-order valence-electron chi connectivity index (χ0n) is 9.53. The van der Waals surface area contributed by atoms with Crippen LogP contribution in [0.2, 0.25) is 0 Å². The molecular weight excluding hydrogens is 288 g/mol. The van der Waals surface area contributed by atoms with E-state index in [0.717, 1.165) is 11.3 Å². The van der Waals surface area contributed by atoms with Crippen LogP contribution in [0.15, 0.2) is 39.9 Å². The van der Waals surface area contributed by atoms with E-state index in [1.54, 1.807) is 11.4 Å². The summed E-state index contributed by atoms with van der Waals surface area (Å²) in [6, 6.07) is 6.90. The summed E-state index contributed by atoms with van der Waals surface area (Å²) in [6.07, 6.45) is 0. The van der Waals surface area contributed by atoms with E-state index in [-0.39, 0.29) is 21.1 Å². The molecule has 4 N–H and O–H groups in total. The second kappa shape index (κ2) is 4.90. The van der Waals surface area contributed by atoms with E-state index >= 15 is 0 Å². The lowest BCUT2D eigenvalue weighted by molar-refractivity contribution is 0.0697. The molecule has 0 saturated carbocycles. The van der Waals surface area contributed by atoms with E-state index in [1.807, 2.05) is 0 Å². The lowest BCUT2D eigenvalue weighted by atomic mass is 10.2. The summed E-state index contributed by atoms with van der Waals surface area (Å²) < 4.78 is 26.4. The van der Waals surface area contributed by atoms with Gasteiger partial charge in [-0.2, -0.15) is 0 Å². The zero-order valence-corrected chi connectivity index (χ0v) is 11.2. The van der Waals surface area contributed by atoms with Crippen molar-refractivity contribution in [3.63, 3.8) is 0 Å². The van der Waals surface area contributed by atoms with Gasteiger partial charge in [0, 0.05) is 0 Å². The van der Waals surface area contributed by atoms with Gasteiger partial charge in [-0.1, -0.05) is 6.07 Å². The molecule has 0 bridgehead atoms. The number of hydrogen-bond donors (Lipinski definition) is 3. The van der Waals surface area contributed by atoms with Crippen LogP contribution in [0.3, 0.4) is 0 Å². The number of carboxylic acids is 1. The normalized spacial score (nSPS) is 11.2. The van der Waals surface area contributed by atoms with Gasteiger partial charge in [-0.15, -0.1) is 11.3 Å². The van der Waals surface area contributed by atoms with Gasteiger partial charge in [0.2, 0.25) is 0 Å². The Morgan fingerprint density at radius 2 is 2.05 bits per heavy atom. The Labute approximate surface area is 113 Å². The van der Waals surface area contributed by atoms with E-state index in [4.69, 9.17) is 10.8 Å². The Hall–Kier alpha value is -2.06. The second-order valence-corrected chi connectivity index (χ2v) is 6.50. The lowest BCUT2D eigenvalue weighted by Gasteiger charge is -2.09. The molecule has 0 radical (unpaired) electrons. The maximum atomic E-state index is 12.0. The maximum Gasteiger partial charge on any atom is 0.335 e. The molecule has 1 aromatic carbocycles.